The molecule has 2 amide bonds. The van der Waals surface area contributed by atoms with E-state index in [9.17, 15) is 9.59 Å². The third kappa shape index (κ3) is 3.18. The van der Waals surface area contributed by atoms with E-state index in [0.29, 0.717) is 24.2 Å². The highest BCUT2D eigenvalue weighted by molar-refractivity contribution is 6.05. The summed E-state index contributed by atoms with van der Waals surface area (Å²) in [6.45, 7) is 0.664. The number of anilines is 2. The summed E-state index contributed by atoms with van der Waals surface area (Å²) in [5.74, 6) is -0.159. The number of benzene rings is 2. The van der Waals surface area contributed by atoms with E-state index in [-0.39, 0.29) is 11.8 Å². The molecule has 0 spiro atoms. The molecule has 0 saturated carbocycles. The van der Waals surface area contributed by atoms with Crippen LogP contribution >= 0.6 is 0 Å². The third-order valence-electron chi connectivity index (χ3n) is 3.93. The van der Waals surface area contributed by atoms with Crippen LogP contribution in [0.1, 0.15) is 23.2 Å². The molecule has 5 nitrogen and oxygen atoms in total. The van der Waals surface area contributed by atoms with Crippen LogP contribution in [0.15, 0.2) is 54.6 Å². The van der Waals surface area contributed by atoms with E-state index in [2.05, 4.69) is 5.43 Å². The lowest BCUT2D eigenvalue weighted by Gasteiger charge is -2.23. The minimum absolute atomic E-state index is 0.0710. The molecule has 1 aliphatic rings. The predicted molar refractivity (Wildman–Crippen MR) is 90.3 cm³/mol. The molecule has 2 aromatic carbocycles. The van der Waals surface area contributed by atoms with Gasteiger partial charge in [0.15, 0.2) is 0 Å². The van der Waals surface area contributed by atoms with Crippen molar-refractivity contribution in [1.82, 2.24) is 5.43 Å². The fourth-order valence-corrected chi connectivity index (χ4v) is 2.73. The zero-order chi connectivity index (χ0) is 16.2. The summed E-state index contributed by atoms with van der Waals surface area (Å²) in [4.78, 5) is 26.3. The minimum Gasteiger partial charge on any atom is -0.312 e. The van der Waals surface area contributed by atoms with Gasteiger partial charge in [-0.3, -0.25) is 20.0 Å². The number of rotatable bonds is 4. The maximum Gasteiger partial charge on any atom is 0.271 e. The zero-order valence-corrected chi connectivity index (χ0v) is 13.0. The number of carbonyl (C=O) groups is 2. The van der Waals surface area contributed by atoms with Crippen molar-refractivity contribution in [2.75, 3.05) is 23.5 Å². The van der Waals surface area contributed by atoms with Crippen LogP contribution in [0.5, 0.6) is 0 Å². The lowest BCUT2D eigenvalue weighted by Crippen LogP contribution is -2.40. The Hall–Kier alpha value is -2.82. The predicted octanol–water partition coefficient (Wildman–Crippen LogP) is 2.59. The van der Waals surface area contributed by atoms with Gasteiger partial charge in [-0.05, 0) is 30.7 Å². The first kappa shape index (κ1) is 15.1. The van der Waals surface area contributed by atoms with Crippen molar-refractivity contribution in [3.05, 3.63) is 60.2 Å². The molecule has 0 aromatic heterocycles. The van der Waals surface area contributed by atoms with Crippen molar-refractivity contribution in [2.45, 2.75) is 12.8 Å². The number of hydrogen-bond donors (Lipinski definition) is 1. The number of hydrogen-bond acceptors (Lipinski definition) is 3. The molecule has 0 aliphatic carbocycles. The molecule has 2 aromatic rings. The van der Waals surface area contributed by atoms with Gasteiger partial charge in [-0.15, -0.1) is 0 Å². The highest BCUT2D eigenvalue weighted by Crippen LogP contribution is 2.25. The standard InChI is InChI=1S/C18H19N3O2/c1-20(14-8-3-2-4-9-14)19-18(23)15-10-5-6-11-16(15)21-13-7-12-17(21)22/h2-6,8-11H,7,12-13H2,1H3,(H,19,23). The van der Waals surface area contributed by atoms with Gasteiger partial charge in [0, 0.05) is 20.0 Å². The Kier molecular flexibility index (Phi) is 4.28. The normalized spacial score (nSPS) is 14.0. The summed E-state index contributed by atoms with van der Waals surface area (Å²) in [7, 11) is 1.79. The van der Waals surface area contributed by atoms with E-state index in [0.717, 1.165) is 12.1 Å². The molecular formula is C18H19N3O2. The number of amides is 2. The summed E-state index contributed by atoms with van der Waals surface area (Å²) >= 11 is 0. The average molecular weight is 309 g/mol. The molecule has 118 valence electrons. The fraction of sp³-hybridized carbons (Fsp3) is 0.222. The summed E-state index contributed by atoms with van der Waals surface area (Å²) in [5, 5.41) is 1.67. The summed E-state index contributed by atoms with van der Waals surface area (Å²) in [6, 6.07) is 16.8. The van der Waals surface area contributed by atoms with Crippen molar-refractivity contribution in [1.29, 1.82) is 0 Å². The van der Waals surface area contributed by atoms with Crippen LogP contribution in [0.3, 0.4) is 0 Å². The van der Waals surface area contributed by atoms with Crippen LogP contribution in [0.2, 0.25) is 0 Å². The highest BCUT2D eigenvalue weighted by Gasteiger charge is 2.25. The SMILES string of the molecule is CN(NC(=O)c1ccccc1N1CCCC1=O)c1ccccc1. The molecule has 0 unspecified atom stereocenters. The minimum atomic E-state index is -0.230. The maximum absolute atomic E-state index is 12.6. The third-order valence-corrected chi connectivity index (χ3v) is 3.93. The molecule has 0 bridgehead atoms. The second kappa shape index (κ2) is 6.52. The molecule has 1 aliphatic heterocycles. The number of nitrogens with one attached hydrogen (secondary N) is 1. The van der Waals surface area contributed by atoms with E-state index in [4.69, 9.17) is 0 Å². The molecule has 1 saturated heterocycles. The number of para-hydroxylation sites is 2. The maximum atomic E-state index is 12.6. The molecule has 1 fully saturated rings. The van der Waals surface area contributed by atoms with Crippen LogP contribution < -0.4 is 15.3 Å². The van der Waals surface area contributed by atoms with Crippen molar-refractivity contribution < 1.29 is 9.59 Å². The van der Waals surface area contributed by atoms with Crippen LogP contribution in [-0.2, 0) is 4.79 Å². The molecule has 1 heterocycles. The van der Waals surface area contributed by atoms with Crippen molar-refractivity contribution in [2.24, 2.45) is 0 Å². The van der Waals surface area contributed by atoms with E-state index < -0.39 is 0 Å². The van der Waals surface area contributed by atoms with Crippen LogP contribution in [0.4, 0.5) is 11.4 Å². The second-order valence-electron chi connectivity index (χ2n) is 5.50. The Balaban J connectivity index is 1.81. The Morgan fingerprint density at radius 3 is 2.48 bits per heavy atom. The van der Waals surface area contributed by atoms with Gasteiger partial charge in [-0.1, -0.05) is 30.3 Å². The Morgan fingerprint density at radius 1 is 1.09 bits per heavy atom. The van der Waals surface area contributed by atoms with Crippen molar-refractivity contribution in [3.8, 4) is 0 Å². The van der Waals surface area contributed by atoms with E-state index in [1.54, 1.807) is 23.0 Å². The topological polar surface area (TPSA) is 52.7 Å². The monoisotopic (exact) mass is 309 g/mol. The first-order valence-corrected chi connectivity index (χ1v) is 7.66. The number of hydrazine groups is 1. The van der Waals surface area contributed by atoms with Gasteiger partial charge in [-0.2, -0.15) is 0 Å². The van der Waals surface area contributed by atoms with Crippen LogP contribution in [-0.4, -0.2) is 25.4 Å². The summed E-state index contributed by atoms with van der Waals surface area (Å²) in [5.41, 5.74) is 4.91. The van der Waals surface area contributed by atoms with Gasteiger partial charge in [0.05, 0.1) is 16.9 Å². The number of carbonyl (C=O) groups excluding carboxylic acids is 2. The van der Waals surface area contributed by atoms with Gasteiger partial charge >= 0.3 is 0 Å². The van der Waals surface area contributed by atoms with Gasteiger partial charge in [-0.25, -0.2) is 0 Å². The Morgan fingerprint density at radius 2 is 1.78 bits per heavy atom. The van der Waals surface area contributed by atoms with E-state index in [1.165, 1.54) is 0 Å². The second-order valence-corrected chi connectivity index (χ2v) is 5.50. The lowest BCUT2D eigenvalue weighted by molar-refractivity contribution is -0.117. The first-order chi connectivity index (χ1) is 11.2. The molecule has 5 heteroatoms. The van der Waals surface area contributed by atoms with Gasteiger partial charge < -0.3 is 4.90 Å². The highest BCUT2D eigenvalue weighted by atomic mass is 16.2. The largest absolute Gasteiger partial charge is 0.312 e. The quantitative estimate of drug-likeness (QED) is 0.883. The van der Waals surface area contributed by atoms with Gasteiger partial charge in [0.25, 0.3) is 5.91 Å². The zero-order valence-electron chi connectivity index (χ0n) is 13.0. The molecule has 1 N–H and O–H groups in total. The Labute approximate surface area is 135 Å². The van der Waals surface area contributed by atoms with Gasteiger partial charge in [0.1, 0.15) is 0 Å². The fourth-order valence-electron chi connectivity index (χ4n) is 2.73. The average Bonchev–Trinajstić information content (AvgIpc) is 3.01. The van der Waals surface area contributed by atoms with Crippen LogP contribution in [0.25, 0.3) is 0 Å². The molecule has 0 atom stereocenters. The lowest BCUT2D eigenvalue weighted by atomic mass is 10.1. The van der Waals surface area contributed by atoms with Crippen LogP contribution in [0, 0.1) is 0 Å². The first-order valence-electron chi connectivity index (χ1n) is 7.66. The molecular weight excluding hydrogens is 290 g/mol. The molecule has 0 radical (unpaired) electrons. The molecule has 3 rings (SSSR count). The van der Waals surface area contributed by atoms with E-state index in [1.807, 2.05) is 48.5 Å². The van der Waals surface area contributed by atoms with Gasteiger partial charge in [0.2, 0.25) is 5.91 Å². The summed E-state index contributed by atoms with van der Waals surface area (Å²) in [6.07, 6.45) is 1.37. The smallest absolute Gasteiger partial charge is 0.271 e. The Bertz CT molecular complexity index is 715. The summed E-state index contributed by atoms with van der Waals surface area (Å²) < 4.78 is 0. The van der Waals surface area contributed by atoms with Crippen molar-refractivity contribution in [3.63, 3.8) is 0 Å². The van der Waals surface area contributed by atoms with Crippen molar-refractivity contribution >= 4 is 23.2 Å². The molecule has 23 heavy (non-hydrogen) atoms. The number of nitrogens with zero attached hydrogens (tertiary/aromatic N) is 2. The van der Waals surface area contributed by atoms with E-state index >= 15 is 0 Å².